The van der Waals surface area contributed by atoms with E-state index in [0.29, 0.717) is 32.7 Å². The second-order valence-electron chi connectivity index (χ2n) is 5.39. The van der Waals surface area contributed by atoms with Crippen LogP contribution in [-0.2, 0) is 9.53 Å². The monoisotopic (exact) mass is 322 g/mol. The van der Waals surface area contributed by atoms with Crippen LogP contribution in [0.3, 0.4) is 0 Å². The first kappa shape index (κ1) is 15.5. The summed E-state index contributed by atoms with van der Waals surface area (Å²) in [6.07, 6.45) is 0.637. The van der Waals surface area contributed by atoms with Gasteiger partial charge in [-0.2, -0.15) is 0 Å². The summed E-state index contributed by atoms with van der Waals surface area (Å²) >= 11 is 1.57. The Bertz CT molecular complexity index is 561. The molecule has 0 aromatic heterocycles. The Morgan fingerprint density at radius 2 is 2.14 bits per heavy atom. The molecule has 2 aliphatic rings. The number of ether oxygens (including phenoxy) is 1. The van der Waals surface area contributed by atoms with E-state index in [4.69, 9.17) is 4.74 Å². The van der Waals surface area contributed by atoms with Crippen molar-refractivity contribution in [2.24, 2.45) is 0 Å². The molecule has 6 nitrogen and oxygen atoms in total. The van der Waals surface area contributed by atoms with Crippen LogP contribution < -0.4 is 5.32 Å². The highest BCUT2D eigenvalue weighted by molar-refractivity contribution is 8.00. The molecule has 1 unspecified atom stereocenters. The minimum absolute atomic E-state index is 0.0138. The molecule has 1 saturated heterocycles. The van der Waals surface area contributed by atoms with Gasteiger partial charge in [0.15, 0.2) is 0 Å². The van der Waals surface area contributed by atoms with Crippen molar-refractivity contribution in [2.75, 3.05) is 39.4 Å². The summed E-state index contributed by atoms with van der Waals surface area (Å²) in [7, 11) is 0. The molecule has 7 heteroatoms. The van der Waals surface area contributed by atoms with Crippen molar-refractivity contribution >= 4 is 23.4 Å². The van der Waals surface area contributed by atoms with Crippen LogP contribution >= 0.6 is 11.8 Å². The van der Waals surface area contributed by atoms with Gasteiger partial charge in [-0.05, 0) is 17.8 Å². The van der Waals surface area contributed by atoms with Crippen LogP contribution in [0.2, 0.25) is 0 Å². The van der Waals surface area contributed by atoms with Crippen molar-refractivity contribution in [1.29, 1.82) is 0 Å². The normalized spacial score (nSPS) is 21.6. The summed E-state index contributed by atoms with van der Waals surface area (Å²) in [5.41, 5.74) is 0.733. The smallest absolute Gasteiger partial charge is 0.271 e. The third-order valence-corrected chi connectivity index (χ3v) is 5.11. The van der Waals surface area contributed by atoms with E-state index in [1.807, 2.05) is 24.3 Å². The number of morpholine rings is 1. The fourth-order valence-electron chi connectivity index (χ4n) is 2.62. The molecule has 0 aliphatic carbocycles. The largest absolute Gasteiger partial charge is 0.379 e. The lowest BCUT2D eigenvalue weighted by atomic mass is 10.3. The quantitative estimate of drug-likeness (QED) is 0.830. The van der Waals surface area contributed by atoms with Crippen LogP contribution in [0.25, 0.3) is 0 Å². The molecule has 0 radical (unpaired) electrons. The first-order valence-corrected chi connectivity index (χ1v) is 8.41. The van der Waals surface area contributed by atoms with Crippen LogP contribution in [0.1, 0.15) is 6.42 Å². The van der Waals surface area contributed by atoms with Crippen molar-refractivity contribution in [2.45, 2.75) is 16.7 Å². The molecule has 22 heavy (non-hydrogen) atoms. The number of nitrogens with one attached hydrogen (secondary N) is 1. The van der Waals surface area contributed by atoms with E-state index in [0.717, 1.165) is 28.4 Å². The van der Waals surface area contributed by atoms with Gasteiger partial charge in [-0.1, -0.05) is 12.1 Å². The van der Waals surface area contributed by atoms with Gasteiger partial charge in [0.2, 0.25) is 5.91 Å². The molecule has 1 amide bonds. The van der Waals surface area contributed by atoms with Crippen molar-refractivity contribution in [3.05, 3.63) is 29.2 Å². The maximum atomic E-state index is 12.2. The number of thioether (sulfide) groups is 1. The van der Waals surface area contributed by atoms with Gasteiger partial charge in [0.05, 0.1) is 29.4 Å². The fraction of sp³-hybridized carbons (Fsp3) is 0.533. The standard InChI is InChI=1S/C15H19N3O3S/c19-14(11-17-7-9-21-10-8-17)16-6-5-15-18(20)12-3-1-2-4-13(12)22-15/h1-4,15H,5-11H2/p+1. The number of hydrogen-bond donors (Lipinski definition) is 1. The average molecular weight is 322 g/mol. The van der Waals surface area contributed by atoms with E-state index in [2.05, 4.69) is 10.2 Å². The SMILES string of the molecule is O=C(CN1CCOCC1)NCCC1Sc2ccccc2[N+]1=O. The number of benzene rings is 1. The molecule has 1 aromatic rings. The summed E-state index contributed by atoms with van der Waals surface area (Å²) in [5, 5.41) is 2.75. The van der Waals surface area contributed by atoms with Crippen molar-refractivity contribution in [1.82, 2.24) is 10.2 Å². The van der Waals surface area contributed by atoms with Gasteiger partial charge in [-0.3, -0.25) is 9.69 Å². The highest BCUT2D eigenvalue weighted by Crippen LogP contribution is 2.42. The maximum absolute atomic E-state index is 12.2. The zero-order chi connectivity index (χ0) is 15.4. The highest BCUT2D eigenvalue weighted by atomic mass is 32.2. The van der Waals surface area contributed by atoms with Gasteiger partial charge >= 0.3 is 0 Å². The number of para-hydroxylation sites is 1. The van der Waals surface area contributed by atoms with Gasteiger partial charge in [-0.25, -0.2) is 0 Å². The van der Waals surface area contributed by atoms with Crippen LogP contribution in [0.15, 0.2) is 29.2 Å². The van der Waals surface area contributed by atoms with Gasteiger partial charge in [0.25, 0.3) is 11.1 Å². The van der Waals surface area contributed by atoms with E-state index in [-0.39, 0.29) is 11.3 Å². The third-order valence-electron chi connectivity index (χ3n) is 3.81. The Morgan fingerprint density at radius 1 is 1.36 bits per heavy atom. The number of carbonyl (C=O) groups excluding carboxylic acids is 1. The van der Waals surface area contributed by atoms with E-state index in [1.165, 1.54) is 0 Å². The second kappa shape index (κ2) is 7.21. The summed E-state index contributed by atoms with van der Waals surface area (Å²) in [5.74, 6) is 0.0138. The van der Waals surface area contributed by atoms with Crippen molar-refractivity contribution in [3.8, 4) is 0 Å². The lowest BCUT2D eigenvalue weighted by Crippen LogP contribution is -2.43. The average Bonchev–Trinajstić information content (AvgIpc) is 2.85. The summed E-state index contributed by atoms with van der Waals surface area (Å²) in [6.45, 7) is 3.91. The summed E-state index contributed by atoms with van der Waals surface area (Å²) in [4.78, 5) is 27.1. The predicted molar refractivity (Wildman–Crippen MR) is 84.3 cm³/mol. The number of amides is 1. The Morgan fingerprint density at radius 3 is 2.91 bits per heavy atom. The van der Waals surface area contributed by atoms with Gasteiger partial charge in [0.1, 0.15) is 0 Å². The molecule has 1 fully saturated rings. The molecule has 0 bridgehead atoms. The van der Waals surface area contributed by atoms with Crippen molar-refractivity contribution in [3.63, 3.8) is 0 Å². The third kappa shape index (κ3) is 3.66. The molecule has 1 atom stereocenters. The van der Waals surface area contributed by atoms with Crippen LogP contribution in [0.4, 0.5) is 5.69 Å². The molecule has 1 N–H and O–H groups in total. The number of rotatable bonds is 5. The lowest BCUT2D eigenvalue weighted by Gasteiger charge is -2.25. The molecule has 2 heterocycles. The Labute approximate surface area is 133 Å². The maximum Gasteiger partial charge on any atom is 0.271 e. The fourth-order valence-corrected chi connectivity index (χ4v) is 3.79. The Hall–Kier alpha value is -1.44. The topological polar surface area (TPSA) is 61.6 Å². The van der Waals surface area contributed by atoms with Gasteiger partial charge in [0, 0.05) is 37.0 Å². The zero-order valence-corrected chi connectivity index (χ0v) is 13.2. The van der Waals surface area contributed by atoms with Gasteiger partial charge < -0.3 is 10.1 Å². The molecule has 0 saturated carbocycles. The summed E-state index contributed by atoms with van der Waals surface area (Å²) in [6, 6.07) is 7.61. The molecule has 2 aliphatic heterocycles. The number of fused-ring (bicyclic) bond motifs is 1. The first-order chi connectivity index (χ1) is 10.7. The number of nitrogens with zero attached hydrogens (tertiary/aromatic N) is 2. The molecular weight excluding hydrogens is 302 g/mol. The zero-order valence-electron chi connectivity index (χ0n) is 12.4. The Kier molecular flexibility index (Phi) is 5.07. The minimum atomic E-state index is -0.152. The first-order valence-electron chi connectivity index (χ1n) is 7.53. The van der Waals surface area contributed by atoms with Crippen molar-refractivity contribution < 1.29 is 14.3 Å². The van der Waals surface area contributed by atoms with Crippen LogP contribution in [-0.4, -0.2) is 60.3 Å². The number of nitroso groups, excluding NO2 is 1. The predicted octanol–water partition coefficient (Wildman–Crippen LogP) is 1.37. The Balaban J connectivity index is 1.40. The summed E-state index contributed by atoms with van der Waals surface area (Å²) < 4.78 is 6.31. The number of carbonyl (C=O) groups is 1. The molecule has 0 spiro atoms. The van der Waals surface area contributed by atoms with Gasteiger partial charge in [-0.15, -0.1) is 0 Å². The van der Waals surface area contributed by atoms with E-state index in [9.17, 15) is 9.70 Å². The van der Waals surface area contributed by atoms with E-state index < -0.39 is 0 Å². The molecule has 1 aromatic carbocycles. The van der Waals surface area contributed by atoms with Crippen LogP contribution in [0, 0.1) is 4.91 Å². The molecule has 3 rings (SSSR count). The number of hydrogen-bond acceptors (Lipinski definition) is 5. The van der Waals surface area contributed by atoms with E-state index in [1.54, 1.807) is 11.8 Å². The van der Waals surface area contributed by atoms with Crippen LogP contribution in [0.5, 0.6) is 0 Å². The molecular formula is C15H20N3O3S+. The minimum Gasteiger partial charge on any atom is -0.379 e. The lowest BCUT2D eigenvalue weighted by molar-refractivity contribution is -0.476. The molecule has 118 valence electrons. The highest BCUT2D eigenvalue weighted by Gasteiger charge is 2.38. The second-order valence-corrected chi connectivity index (χ2v) is 6.61. The van der Waals surface area contributed by atoms with E-state index >= 15 is 0 Å².